The van der Waals surface area contributed by atoms with Crippen LogP contribution in [0.2, 0.25) is 0 Å². The van der Waals surface area contributed by atoms with Crippen LogP contribution >= 0.6 is 0 Å². The van der Waals surface area contributed by atoms with E-state index in [9.17, 15) is 14.4 Å². The third-order valence-corrected chi connectivity index (χ3v) is 6.16. The molecule has 9 heteroatoms. The number of benzene rings is 1. The smallest absolute Gasteiger partial charge is 0.296 e. The average molecular weight is 451 g/mol. The Labute approximate surface area is 193 Å². The fourth-order valence-electron chi connectivity index (χ4n) is 4.35. The van der Waals surface area contributed by atoms with E-state index >= 15 is 0 Å². The number of nitrogens with zero attached hydrogens (tertiary/aromatic N) is 5. The van der Waals surface area contributed by atoms with Crippen molar-refractivity contribution in [3.8, 4) is 0 Å². The average Bonchev–Trinajstić information content (AvgIpc) is 3.31. The molecule has 0 bridgehead atoms. The second-order valence-corrected chi connectivity index (χ2v) is 8.75. The SMILES string of the molecule is CCCN(C)C(=O)c1nc(N)c2c(n1)N(Cc1ccc(CN3CCCC3)cc1)C(=O)C(=O)C2. The van der Waals surface area contributed by atoms with Crippen molar-refractivity contribution in [2.75, 3.05) is 37.3 Å². The predicted octanol–water partition coefficient (Wildman–Crippen LogP) is 1.79. The number of hydrogen-bond donors (Lipinski definition) is 1. The number of Topliss-reactive ketones (excluding diaryl/α,β-unsaturated/α-hetero) is 1. The lowest BCUT2D eigenvalue weighted by molar-refractivity contribution is -0.136. The highest BCUT2D eigenvalue weighted by atomic mass is 16.2. The Morgan fingerprint density at radius 1 is 1.06 bits per heavy atom. The number of fused-ring (bicyclic) bond motifs is 1. The highest BCUT2D eigenvalue weighted by Gasteiger charge is 2.35. The number of likely N-dealkylation sites (tertiary alicyclic amines) is 1. The molecule has 0 saturated carbocycles. The van der Waals surface area contributed by atoms with Crippen molar-refractivity contribution in [2.24, 2.45) is 0 Å². The molecule has 3 heterocycles. The molecule has 2 aromatic rings. The number of hydrogen-bond acceptors (Lipinski definition) is 7. The topological polar surface area (TPSA) is 113 Å². The van der Waals surface area contributed by atoms with Crippen LogP contribution in [0.4, 0.5) is 11.6 Å². The Bertz CT molecular complexity index is 1060. The second kappa shape index (κ2) is 9.66. The van der Waals surface area contributed by atoms with Crippen LogP contribution in [-0.2, 0) is 29.1 Å². The van der Waals surface area contributed by atoms with Gasteiger partial charge in [-0.3, -0.25) is 24.2 Å². The fraction of sp³-hybridized carbons (Fsp3) is 0.458. The number of carbonyl (C=O) groups is 3. The lowest BCUT2D eigenvalue weighted by Gasteiger charge is -2.28. The van der Waals surface area contributed by atoms with Crippen molar-refractivity contribution < 1.29 is 14.4 Å². The van der Waals surface area contributed by atoms with Gasteiger partial charge in [0.1, 0.15) is 11.6 Å². The molecule has 2 amide bonds. The van der Waals surface area contributed by atoms with Gasteiger partial charge in [-0.25, -0.2) is 9.97 Å². The molecule has 4 rings (SSSR count). The summed E-state index contributed by atoms with van der Waals surface area (Å²) in [5.74, 6) is -1.37. The first-order valence-electron chi connectivity index (χ1n) is 11.4. The number of nitrogen functional groups attached to an aromatic ring is 1. The fourth-order valence-corrected chi connectivity index (χ4v) is 4.35. The van der Waals surface area contributed by atoms with Gasteiger partial charge in [0, 0.05) is 32.1 Å². The second-order valence-electron chi connectivity index (χ2n) is 8.75. The number of carbonyl (C=O) groups excluding carboxylic acids is 3. The Hall–Kier alpha value is -3.33. The maximum Gasteiger partial charge on any atom is 0.296 e. The molecule has 0 aliphatic carbocycles. The van der Waals surface area contributed by atoms with E-state index < -0.39 is 11.7 Å². The minimum Gasteiger partial charge on any atom is -0.383 e. The van der Waals surface area contributed by atoms with Crippen LogP contribution in [0, 0.1) is 0 Å². The summed E-state index contributed by atoms with van der Waals surface area (Å²) < 4.78 is 0. The van der Waals surface area contributed by atoms with Gasteiger partial charge in [-0.2, -0.15) is 0 Å². The third-order valence-electron chi connectivity index (χ3n) is 6.16. The quantitative estimate of drug-likeness (QED) is 0.640. The molecule has 9 nitrogen and oxygen atoms in total. The van der Waals surface area contributed by atoms with E-state index in [1.165, 1.54) is 28.2 Å². The van der Waals surface area contributed by atoms with Crippen molar-refractivity contribution in [1.29, 1.82) is 0 Å². The summed E-state index contributed by atoms with van der Waals surface area (Å²) in [5, 5.41) is 0. The first-order chi connectivity index (χ1) is 15.9. The van der Waals surface area contributed by atoms with Crippen LogP contribution in [-0.4, -0.2) is 64.0 Å². The van der Waals surface area contributed by atoms with Gasteiger partial charge in [-0.05, 0) is 43.5 Å². The van der Waals surface area contributed by atoms with Gasteiger partial charge in [0.05, 0.1) is 6.54 Å². The molecule has 0 atom stereocenters. The van der Waals surface area contributed by atoms with Crippen LogP contribution in [0.1, 0.15) is 53.5 Å². The van der Waals surface area contributed by atoms with Crippen molar-refractivity contribution >= 4 is 29.2 Å². The van der Waals surface area contributed by atoms with E-state index in [0.717, 1.165) is 31.6 Å². The molecule has 2 N–H and O–H groups in total. The monoisotopic (exact) mass is 450 g/mol. The number of nitrogens with two attached hydrogens (primary N) is 1. The molecule has 0 spiro atoms. The Kier molecular flexibility index (Phi) is 6.69. The number of aromatic nitrogens is 2. The number of rotatable bonds is 7. The lowest BCUT2D eigenvalue weighted by Crippen LogP contribution is -2.43. The molecule has 1 saturated heterocycles. The van der Waals surface area contributed by atoms with Crippen LogP contribution in [0.15, 0.2) is 24.3 Å². The van der Waals surface area contributed by atoms with Gasteiger partial charge in [0.2, 0.25) is 11.6 Å². The van der Waals surface area contributed by atoms with Crippen molar-refractivity contribution in [3.05, 3.63) is 46.8 Å². The summed E-state index contributed by atoms with van der Waals surface area (Å²) in [6.45, 7) is 5.83. The summed E-state index contributed by atoms with van der Waals surface area (Å²) in [6.07, 6.45) is 3.11. The predicted molar refractivity (Wildman–Crippen MR) is 125 cm³/mol. The minimum atomic E-state index is -0.651. The van der Waals surface area contributed by atoms with E-state index in [-0.39, 0.29) is 36.3 Å². The molecular formula is C24H30N6O3. The van der Waals surface area contributed by atoms with Crippen molar-refractivity contribution in [1.82, 2.24) is 19.8 Å². The highest BCUT2D eigenvalue weighted by Crippen LogP contribution is 2.30. The Balaban J connectivity index is 1.60. The number of amides is 2. The van der Waals surface area contributed by atoms with E-state index in [0.29, 0.717) is 12.1 Å². The maximum absolute atomic E-state index is 12.8. The molecule has 1 aromatic heterocycles. The molecular weight excluding hydrogens is 420 g/mol. The lowest BCUT2D eigenvalue weighted by atomic mass is 10.0. The van der Waals surface area contributed by atoms with E-state index in [1.54, 1.807) is 7.05 Å². The first kappa shape index (κ1) is 22.8. The normalized spacial score (nSPS) is 16.2. The summed E-state index contributed by atoms with van der Waals surface area (Å²) in [6, 6.07) is 8.02. The molecule has 2 aliphatic heterocycles. The maximum atomic E-state index is 12.8. The first-order valence-corrected chi connectivity index (χ1v) is 11.4. The standard InChI is InChI=1S/C24H30N6O3/c1-3-10-28(2)24(33)21-26-20(25)18-13-19(31)23(32)30(22(18)27-21)15-17-8-6-16(7-9-17)14-29-11-4-5-12-29/h6-9H,3-5,10-15H2,1-2H3,(H2,25,26,27). The zero-order chi connectivity index (χ0) is 23.5. The summed E-state index contributed by atoms with van der Waals surface area (Å²) in [4.78, 5) is 51.7. The molecule has 2 aliphatic rings. The summed E-state index contributed by atoms with van der Waals surface area (Å²) in [7, 11) is 1.67. The zero-order valence-electron chi connectivity index (χ0n) is 19.2. The van der Waals surface area contributed by atoms with Gasteiger partial charge in [-0.1, -0.05) is 31.2 Å². The summed E-state index contributed by atoms with van der Waals surface area (Å²) >= 11 is 0. The largest absolute Gasteiger partial charge is 0.383 e. The van der Waals surface area contributed by atoms with Crippen LogP contribution < -0.4 is 10.6 Å². The van der Waals surface area contributed by atoms with E-state index in [4.69, 9.17) is 5.73 Å². The van der Waals surface area contributed by atoms with Gasteiger partial charge < -0.3 is 10.6 Å². The van der Waals surface area contributed by atoms with E-state index in [2.05, 4.69) is 14.9 Å². The van der Waals surface area contributed by atoms with Crippen molar-refractivity contribution in [2.45, 2.75) is 45.7 Å². The Morgan fingerprint density at radius 2 is 1.70 bits per heavy atom. The number of anilines is 2. The third kappa shape index (κ3) is 4.88. The van der Waals surface area contributed by atoms with Gasteiger partial charge in [0.25, 0.3) is 11.8 Å². The highest BCUT2D eigenvalue weighted by molar-refractivity contribution is 6.43. The zero-order valence-corrected chi connectivity index (χ0v) is 19.2. The molecule has 1 fully saturated rings. The van der Waals surface area contributed by atoms with Crippen LogP contribution in [0.3, 0.4) is 0 Å². The molecule has 0 unspecified atom stereocenters. The van der Waals surface area contributed by atoms with Gasteiger partial charge in [-0.15, -0.1) is 0 Å². The molecule has 0 radical (unpaired) electrons. The minimum absolute atomic E-state index is 0.0556. The molecule has 1 aromatic carbocycles. The molecule has 174 valence electrons. The van der Waals surface area contributed by atoms with Gasteiger partial charge >= 0.3 is 0 Å². The van der Waals surface area contributed by atoms with Crippen molar-refractivity contribution in [3.63, 3.8) is 0 Å². The number of ketones is 1. The summed E-state index contributed by atoms with van der Waals surface area (Å²) in [5.41, 5.74) is 8.56. The Morgan fingerprint density at radius 3 is 2.33 bits per heavy atom. The van der Waals surface area contributed by atoms with E-state index in [1.807, 2.05) is 31.2 Å². The van der Waals surface area contributed by atoms with Crippen LogP contribution in [0.5, 0.6) is 0 Å². The van der Waals surface area contributed by atoms with Gasteiger partial charge in [0.15, 0.2) is 0 Å². The molecule has 33 heavy (non-hydrogen) atoms. The van der Waals surface area contributed by atoms with Crippen LogP contribution in [0.25, 0.3) is 0 Å².